The van der Waals surface area contributed by atoms with Crippen LogP contribution in [0.2, 0.25) is 0 Å². The number of β-amino-alcohol motifs (C(OH)–C–C–N with tert-alkyl or cyclic N) is 1. The predicted octanol–water partition coefficient (Wildman–Crippen LogP) is 1.73. The summed E-state index contributed by atoms with van der Waals surface area (Å²) in [5.41, 5.74) is 0. The highest BCUT2D eigenvalue weighted by Gasteiger charge is 2.31. The summed E-state index contributed by atoms with van der Waals surface area (Å²) in [6.07, 6.45) is 2.97. The lowest BCUT2D eigenvalue weighted by Gasteiger charge is -2.38. The van der Waals surface area contributed by atoms with E-state index in [0.717, 1.165) is 43.9 Å². The maximum Gasteiger partial charge on any atom is 0.225 e. The van der Waals surface area contributed by atoms with E-state index in [9.17, 15) is 9.90 Å². The van der Waals surface area contributed by atoms with Crippen molar-refractivity contribution in [2.45, 2.75) is 25.4 Å². The van der Waals surface area contributed by atoms with E-state index in [1.54, 1.807) is 11.3 Å². The third-order valence-corrected chi connectivity index (χ3v) is 5.41. The van der Waals surface area contributed by atoms with Crippen molar-refractivity contribution in [2.24, 2.45) is 5.92 Å². The Kier molecular flexibility index (Phi) is 4.38. The van der Waals surface area contributed by atoms with Crippen LogP contribution < -0.4 is 0 Å². The van der Waals surface area contributed by atoms with Crippen molar-refractivity contribution in [2.75, 3.05) is 32.7 Å². The summed E-state index contributed by atoms with van der Waals surface area (Å²) in [6, 6.07) is 3.95. The average molecular weight is 294 g/mol. The molecule has 20 heavy (non-hydrogen) atoms. The molecule has 0 radical (unpaired) electrons. The molecular formula is C15H22N2O2S. The number of piperazine rings is 1. The molecule has 0 aromatic carbocycles. The molecule has 1 unspecified atom stereocenters. The molecule has 1 saturated carbocycles. The fraction of sp³-hybridized carbons (Fsp3) is 0.667. The van der Waals surface area contributed by atoms with E-state index in [1.807, 2.05) is 22.4 Å². The van der Waals surface area contributed by atoms with Gasteiger partial charge in [-0.3, -0.25) is 9.69 Å². The summed E-state index contributed by atoms with van der Waals surface area (Å²) in [5, 5.41) is 12.2. The zero-order chi connectivity index (χ0) is 13.9. The van der Waals surface area contributed by atoms with Gasteiger partial charge in [-0.05, 0) is 24.3 Å². The molecule has 5 heteroatoms. The van der Waals surface area contributed by atoms with Crippen LogP contribution in [0.1, 0.15) is 30.2 Å². The molecule has 1 aromatic rings. The lowest BCUT2D eigenvalue weighted by molar-refractivity contribution is -0.140. The van der Waals surface area contributed by atoms with Crippen molar-refractivity contribution in [3.05, 3.63) is 22.4 Å². The van der Waals surface area contributed by atoms with Crippen molar-refractivity contribution >= 4 is 17.2 Å². The molecule has 3 rings (SSSR count). The average Bonchev–Trinajstić information content (AvgIpc) is 2.91. The molecule has 1 saturated heterocycles. The normalized spacial score (nSPS) is 22.6. The molecule has 2 fully saturated rings. The number of aliphatic hydroxyl groups is 1. The number of amides is 1. The number of thiophene rings is 1. The summed E-state index contributed by atoms with van der Waals surface area (Å²) in [7, 11) is 0. The monoisotopic (exact) mass is 294 g/mol. The quantitative estimate of drug-likeness (QED) is 0.919. The molecule has 0 bridgehead atoms. The first-order chi connectivity index (χ1) is 9.74. The van der Waals surface area contributed by atoms with Crippen molar-refractivity contribution in [3.63, 3.8) is 0 Å². The zero-order valence-corrected chi connectivity index (χ0v) is 12.5. The van der Waals surface area contributed by atoms with Crippen LogP contribution in [0.5, 0.6) is 0 Å². The molecule has 1 aliphatic carbocycles. The molecule has 110 valence electrons. The summed E-state index contributed by atoms with van der Waals surface area (Å²) in [4.78, 5) is 17.5. The highest BCUT2D eigenvalue weighted by molar-refractivity contribution is 7.10. The van der Waals surface area contributed by atoms with E-state index in [2.05, 4.69) is 4.90 Å². The van der Waals surface area contributed by atoms with Gasteiger partial charge in [0.15, 0.2) is 0 Å². The van der Waals surface area contributed by atoms with Gasteiger partial charge in [-0.15, -0.1) is 11.3 Å². The Morgan fingerprint density at radius 2 is 2.10 bits per heavy atom. The first kappa shape index (κ1) is 14.0. The van der Waals surface area contributed by atoms with Gasteiger partial charge in [0.1, 0.15) is 6.10 Å². The van der Waals surface area contributed by atoms with Crippen LogP contribution in [-0.4, -0.2) is 53.5 Å². The van der Waals surface area contributed by atoms with Crippen molar-refractivity contribution in [1.29, 1.82) is 0 Å². The molecule has 1 aliphatic heterocycles. The first-order valence-electron chi connectivity index (χ1n) is 7.46. The van der Waals surface area contributed by atoms with Crippen LogP contribution >= 0.6 is 11.3 Å². The van der Waals surface area contributed by atoms with E-state index < -0.39 is 6.10 Å². The molecule has 1 N–H and O–H groups in total. The van der Waals surface area contributed by atoms with Gasteiger partial charge in [0.25, 0.3) is 0 Å². The maximum atomic E-state index is 12.2. The van der Waals surface area contributed by atoms with E-state index >= 15 is 0 Å². The topological polar surface area (TPSA) is 43.8 Å². The van der Waals surface area contributed by atoms with Crippen LogP contribution in [0, 0.1) is 5.92 Å². The van der Waals surface area contributed by atoms with Gasteiger partial charge in [0, 0.05) is 43.5 Å². The van der Waals surface area contributed by atoms with Gasteiger partial charge < -0.3 is 10.0 Å². The number of hydrogen-bond acceptors (Lipinski definition) is 4. The van der Waals surface area contributed by atoms with Crippen molar-refractivity contribution < 1.29 is 9.90 Å². The van der Waals surface area contributed by atoms with Gasteiger partial charge in [-0.25, -0.2) is 0 Å². The number of aliphatic hydroxyl groups excluding tert-OH is 1. The largest absolute Gasteiger partial charge is 0.386 e. The SMILES string of the molecule is O=C(C1CCC1)N1CCN(CC(O)c2cccs2)CC1. The predicted molar refractivity (Wildman–Crippen MR) is 79.6 cm³/mol. The van der Waals surface area contributed by atoms with Crippen LogP contribution in [0.4, 0.5) is 0 Å². The fourth-order valence-electron chi connectivity index (χ4n) is 2.88. The standard InChI is InChI=1S/C15H22N2O2S/c18-13(14-5-2-10-20-14)11-16-6-8-17(9-7-16)15(19)12-3-1-4-12/h2,5,10,12-13,18H,1,3-4,6-9,11H2. The Morgan fingerprint density at radius 1 is 1.35 bits per heavy atom. The van der Waals surface area contributed by atoms with Crippen molar-refractivity contribution in [3.8, 4) is 0 Å². The molecule has 4 nitrogen and oxygen atoms in total. The molecule has 1 atom stereocenters. The smallest absolute Gasteiger partial charge is 0.225 e. The third-order valence-electron chi connectivity index (χ3n) is 4.44. The second-order valence-electron chi connectivity index (χ2n) is 5.78. The highest BCUT2D eigenvalue weighted by Crippen LogP contribution is 2.28. The lowest BCUT2D eigenvalue weighted by atomic mass is 9.84. The maximum absolute atomic E-state index is 12.2. The molecule has 0 spiro atoms. The van der Waals surface area contributed by atoms with Gasteiger partial charge >= 0.3 is 0 Å². The van der Waals surface area contributed by atoms with Crippen LogP contribution in [0.25, 0.3) is 0 Å². The van der Waals surface area contributed by atoms with E-state index in [0.29, 0.717) is 18.4 Å². The molecule has 2 heterocycles. The Hall–Kier alpha value is -0.910. The minimum atomic E-state index is -0.399. The zero-order valence-electron chi connectivity index (χ0n) is 11.7. The second-order valence-corrected chi connectivity index (χ2v) is 6.76. The molecule has 2 aliphatic rings. The van der Waals surface area contributed by atoms with Crippen LogP contribution in [-0.2, 0) is 4.79 Å². The van der Waals surface area contributed by atoms with E-state index in [4.69, 9.17) is 0 Å². The first-order valence-corrected chi connectivity index (χ1v) is 8.34. The molecular weight excluding hydrogens is 272 g/mol. The minimum absolute atomic E-state index is 0.304. The molecule has 1 amide bonds. The lowest BCUT2D eigenvalue weighted by Crippen LogP contribution is -2.51. The number of hydrogen-bond donors (Lipinski definition) is 1. The van der Waals surface area contributed by atoms with E-state index in [1.165, 1.54) is 6.42 Å². The van der Waals surface area contributed by atoms with Gasteiger partial charge in [-0.1, -0.05) is 12.5 Å². The third kappa shape index (κ3) is 3.05. The summed E-state index contributed by atoms with van der Waals surface area (Å²) in [6.45, 7) is 4.05. The Labute approximate surface area is 124 Å². The van der Waals surface area contributed by atoms with Gasteiger partial charge in [0.2, 0.25) is 5.91 Å². The Bertz CT molecular complexity index is 437. The summed E-state index contributed by atoms with van der Waals surface area (Å²) >= 11 is 1.60. The summed E-state index contributed by atoms with van der Waals surface area (Å²) < 4.78 is 0. The fourth-order valence-corrected chi connectivity index (χ4v) is 3.58. The van der Waals surface area contributed by atoms with Crippen LogP contribution in [0.3, 0.4) is 0 Å². The van der Waals surface area contributed by atoms with Gasteiger partial charge in [0.05, 0.1) is 0 Å². The van der Waals surface area contributed by atoms with E-state index in [-0.39, 0.29) is 0 Å². The summed E-state index contributed by atoms with van der Waals surface area (Å²) in [5.74, 6) is 0.660. The highest BCUT2D eigenvalue weighted by atomic mass is 32.1. The number of nitrogens with zero attached hydrogens (tertiary/aromatic N) is 2. The second kappa shape index (κ2) is 6.24. The Balaban J connectivity index is 1.45. The number of carbonyl (C=O) groups is 1. The van der Waals surface area contributed by atoms with Crippen molar-refractivity contribution in [1.82, 2.24) is 9.80 Å². The van der Waals surface area contributed by atoms with Gasteiger partial charge in [-0.2, -0.15) is 0 Å². The Morgan fingerprint density at radius 3 is 2.65 bits per heavy atom. The molecule has 1 aromatic heterocycles. The minimum Gasteiger partial charge on any atom is -0.386 e. The number of carbonyl (C=O) groups excluding carboxylic acids is 1. The number of rotatable bonds is 4. The van der Waals surface area contributed by atoms with Crippen LogP contribution in [0.15, 0.2) is 17.5 Å².